The Bertz CT molecular complexity index is 60.5. The van der Waals surface area contributed by atoms with Crippen LogP contribution in [0.2, 0.25) is 0 Å². The summed E-state index contributed by atoms with van der Waals surface area (Å²) in [5.74, 6) is 2.04. The van der Waals surface area contributed by atoms with Gasteiger partial charge < -0.3 is 5.48 Å². The van der Waals surface area contributed by atoms with Crippen molar-refractivity contribution < 1.29 is 14.9 Å². The third-order valence-corrected chi connectivity index (χ3v) is 2.30. The average Bonchev–Trinajstić information content (AvgIpc) is 1.77. The number of hydrogen-bond donors (Lipinski definition) is 0. The Labute approximate surface area is 67.2 Å². The van der Waals surface area contributed by atoms with E-state index in [4.69, 9.17) is 0 Å². The summed E-state index contributed by atoms with van der Waals surface area (Å²) in [4.78, 5) is 0. The molecule has 0 spiro atoms. The second kappa shape index (κ2) is 7.92. The topological polar surface area (TPSA) is 31.5 Å². The molecule has 0 amide bonds. The fourth-order valence-electron chi connectivity index (χ4n) is 1.43. The standard InChI is InChI=1S/C8H16.2FH.H2O/c1-7-3-5-8(2)6-4-7;;;/h7-8H,3-6H2,1-2H3;2*1H;1H2. The summed E-state index contributed by atoms with van der Waals surface area (Å²) in [7, 11) is 0. The van der Waals surface area contributed by atoms with Gasteiger partial charge in [-0.05, 0) is 11.8 Å². The Morgan fingerprint density at radius 2 is 0.909 bits per heavy atom. The molecule has 0 atom stereocenters. The first-order chi connectivity index (χ1) is 3.79. The van der Waals surface area contributed by atoms with Crippen LogP contribution < -0.4 is 0 Å². The summed E-state index contributed by atoms with van der Waals surface area (Å²) in [5.41, 5.74) is 0. The van der Waals surface area contributed by atoms with E-state index in [0.29, 0.717) is 0 Å². The second-order valence-corrected chi connectivity index (χ2v) is 3.37. The van der Waals surface area contributed by atoms with Gasteiger partial charge in [0, 0.05) is 0 Å². The van der Waals surface area contributed by atoms with E-state index in [2.05, 4.69) is 13.8 Å². The molecule has 1 fully saturated rings. The maximum Gasteiger partial charge on any atom is -0.0443 e. The largest absolute Gasteiger partial charge is 0.412 e. The van der Waals surface area contributed by atoms with E-state index in [0.717, 1.165) is 11.8 Å². The molecular formula is C8H20F2O. The van der Waals surface area contributed by atoms with Gasteiger partial charge in [-0.15, -0.1) is 0 Å². The maximum atomic E-state index is 2.37. The molecule has 0 heterocycles. The van der Waals surface area contributed by atoms with Crippen LogP contribution in [0.3, 0.4) is 0 Å². The number of rotatable bonds is 0. The lowest BCUT2D eigenvalue weighted by molar-refractivity contribution is 0.308. The molecular weight excluding hydrogens is 150 g/mol. The molecule has 0 aromatic heterocycles. The van der Waals surface area contributed by atoms with E-state index in [-0.39, 0.29) is 14.9 Å². The van der Waals surface area contributed by atoms with Gasteiger partial charge in [0.15, 0.2) is 0 Å². The van der Waals surface area contributed by atoms with E-state index >= 15 is 0 Å². The lowest BCUT2D eigenvalue weighted by atomic mass is 9.84. The van der Waals surface area contributed by atoms with Gasteiger partial charge in [-0.25, -0.2) is 0 Å². The Hall–Kier alpha value is -0.180. The zero-order valence-corrected chi connectivity index (χ0v) is 7.30. The third kappa shape index (κ3) is 6.23. The van der Waals surface area contributed by atoms with Crippen LogP contribution in [0.25, 0.3) is 0 Å². The highest BCUT2D eigenvalue weighted by molar-refractivity contribution is 4.65. The number of halogens is 2. The molecule has 0 aromatic rings. The molecule has 1 nitrogen and oxygen atoms in total. The van der Waals surface area contributed by atoms with Crippen LogP contribution in [-0.4, -0.2) is 5.48 Å². The molecule has 2 N–H and O–H groups in total. The molecule has 1 saturated carbocycles. The van der Waals surface area contributed by atoms with Crippen molar-refractivity contribution in [1.29, 1.82) is 0 Å². The minimum absolute atomic E-state index is 0. The smallest absolute Gasteiger partial charge is 0.0443 e. The molecule has 0 bridgehead atoms. The van der Waals surface area contributed by atoms with Crippen LogP contribution in [0.1, 0.15) is 39.5 Å². The van der Waals surface area contributed by atoms with E-state index in [1.54, 1.807) is 0 Å². The normalized spacial score (nSPS) is 28.9. The van der Waals surface area contributed by atoms with Gasteiger partial charge in [0.2, 0.25) is 0 Å². The summed E-state index contributed by atoms with van der Waals surface area (Å²) in [5, 5.41) is 0. The van der Waals surface area contributed by atoms with Crippen molar-refractivity contribution in [3.8, 4) is 0 Å². The molecule has 0 saturated heterocycles. The first-order valence-electron chi connectivity index (χ1n) is 3.79. The predicted molar refractivity (Wildman–Crippen MR) is 45.4 cm³/mol. The SMILES string of the molecule is CC1CCC(C)CC1.F.F.O. The molecule has 72 valence electrons. The summed E-state index contributed by atoms with van der Waals surface area (Å²) < 4.78 is 0. The number of hydrogen-bond acceptors (Lipinski definition) is 0. The monoisotopic (exact) mass is 170 g/mol. The predicted octanol–water partition coefficient (Wildman–Crippen LogP) is 2.31. The Morgan fingerprint density at radius 3 is 1.09 bits per heavy atom. The fourth-order valence-corrected chi connectivity index (χ4v) is 1.43. The van der Waals surface area contributed by atoms with E-state index in [1.165, 1.54) is 25.7 Å². The van der Waals surface area contributed by atoms with Gasteiger partial charge in [-0.3, -0.25) is 9.41 Å². The summed E-state index contributed by atoms with van der Waals surface area (Å²) in [6, 6.07) is 0. The first-order valence-corrected chi connectivity index (χ1v) is 3.79. The lowest BCUT2D eigenvalue weighted by Gasteiger charge is -2.22. The van der Waals surface area contributed by atoms with Crippen molar-refractivity contribution in [3.05, 3.63) is 0 Å². The lowest BCUT2D eigenvalue weighted by Crippen LogP contribution is -2.08. The van der Waals surface area contributed by atoms with Gasteiger partial charge in [-0.2, -0.15) is 0 Å². The minimum Gasteiger partial charge on any atom is -0.412 e. The van der Waals surface area contributed by atoms with Crippen LogP contribution in [0.15, 0.2) is 0 Å². The van der Waals surface area contributed by atoms with Crippen molar-refractivity contribution in [2.24, 2.45) is 11.8 Å². The molecule has 3 heteroatoms. The molecule has 0 radical (unpaired) electrons. The second-order valence-electron chi connectivity index (χ2n) is 3.37. The van der Waals surface area contributed by atoms with Crippen LogP contribution in [0.5, 0.6) is 0 Å². The van der Waals surface area contributed by atoms with Crippen LogP contribution in [0, 0.1) is 11.8 Å². The zero-order valence-electron chi connectivity index (χ0n) is 7.30. The first kappa shape index (κ1) is 17.1. The van der Waals surface area contributed by atoms with Crippen LogP contribution in [0.4, 0.5) is 9.41 Å². The molecule has 0 unspecified atom stereocenters. The third-order valence-electron chi connectivity index (χ3n) is 2.30. The van der Waals surface area contributed by atoms with Crippen LogP contribution in [-0.2, 0) is 0 Å². The Morgan fingerprint density at radius 1 is 0.727 bits per heavy atom. The van der Waals surface area contributed by atoms with Gasteiger partial charge in [0.05, 0.1) is 0 Å². The van der Waals surface area contributed by atoms with Crippen molar-refractivity contribution in [1.82, 2.24) is 0 Å². The van der Waals surface area contributed by atoms with Crippen molar-refractivity contribution in [2.75, 3.05) is 0 Å². The Kier molecular flexibility index (Phi) is 12.3. The summed E-state index contributed by atoms with van der Waals surface area (Å²) in [6.07, 6.45) is 5.89. The Balaban J connectivity index is -0.000000213. The van der Waals surface area contributed by atoms with Gasteiger partial charge in [-0.1, -0.05) is 39.5 Å². The highest BCUT2D eigenvalue weighted by Gasteiger charge is 2.13. The minimum atomic E-state index is 0. The molecule has 11 heavy (non-hydrogen) atoms. The van der Waals surface area contributed by atoms with Crippen molar-refractivity contribution in [2.45, 2.75) is 39.5 Å². The van der Waals surface area contributed by atoms with Gasteiger partial charge in [0.25, 0.3) is 0 Å². The van der Waals surface area contributed by atoms with E-state index in [9.17, 15) is 0 Å². The van der Waals surface area contributed by atoms with E-state index < -0.39 is 0 Å². The highest BCUT2D eigenvalue weighted by atomic mass is 19.0. The molecule has 1 aliphatic carbocycles. The van der Waals surface area contributed by atoms with Crippen molar-refractivity contribution >= 4 is 0 Å². The molecule has 0 aromatic carbocycles. The van der Waals surface area contributed by atoms with Gasteiger partial charge >= 0.3 is 0 Å². The molecule has 0 aliphatic heterocycles. The average molecular weight is 170 g/mol. The molecule has 1 rings (SSSR count). The highest BCUT2D eigenvalue weighted by Crippen LogP contribution is 2.27. The molecule has 1 aliphatic rings. The quantitative estimate of drug-likeness (QED) is 0.534. The van der Waals surface area contributed by atoms with Gasteiger partial charge in [0.1, 0.15) is 0 Å². The fraction of sp³-hybridized carbons (Fsp3) is 1.00. The van der Waals surface area contributed by atoms with E-state index in [1.807, 2.05) is 0 Å². The maximum absolute atomic E-state index is 2.37. The van der Waals surface area contributed by atoms with Crippen molar-refractivity contribution in [3.63, 3.8) is 0 Å². The zero-order chi connectivity index (χ0) is 5.98. The van der Waals surface area contributed by atoms with Crippen LogP contribution >= 0.6 is 0 Å². The summed E-state index contributed by atoms with van der Waals surface area (Å²) >= 11 is 0. The summed E-state index contributed by atoms with van der Waals surface area (Å²) in [6.45, 7) is 4.73.